The summed E-state index contributed by atoms with van der Waals surface area (Å²) in [4.78, 5) is 17.7. The molecule has 0 radical (unpaired) electrons. The number of imidazole rings is 1. The van der Waals surface area contributed by atoms with Crippen LogP contribution in [0.15, 0.2) is 18.7 Å². The van der Waals surface area contributed by atoms with Gasteiger partial charge in [-0.2, -0.15) is 0 Å². The molecule has 1 aromatic heterocycles. The summed E-state index contributed by atoms with van der Waals surface area (Å²) in [5, 5.41) is 3.22. The van der Waals surface area contributed by atoms with Crippen molar-refractivity contribution in [1.29, 1.82) is 0 Å². The number of aromatic nitrogens is 2. The van der Waals surface area contributed by atoms with Crippen molar-refractivity contribution in [3.63, 3.8) is 0 Å². The molecule has 0 unspecified atom stereocenters. The molecule has 2 rings (SSSR count). The van der Waals surface area contributed by atoms with Gasteiger partial charge in [0.05, 0.1) is 0 Å². The van der Waals surface area contributed by atoms with Crippen molar-refractivity contribution in [2.45, 2.75) is 18.9 Å². The Morgan fingerprint density at radius 3 is 3.13 bits per heavy atom. The van der Waals surface area contributed by atoms with Gasteiger partial charge in [-0.3, -0.25) is 4.57 Å². The number of nitrogens with zero attached hydrogens (tertiary/aromatic N) is 3. The number of carbonyl (C=O) groups is 1. The normalized spacial score (nSPS) is 21.7. The molecule has 1 amide bonds. The summed E-state index contributed by atoms with van der Waals surface area (Å²) in [5.41, 5.74) is 0. The second-order valence-corrected chi connectivity index (χ2v) is 3.83. The lowest BCUT2D eigenvalue weighted by Crippen LogP contribution is -2.48. The van der Waals surface area contributed by atoms with Crippen LogP contribution in [0.2, 0.25) is 0 Å². The minimum atomic E-state index is 0.0208. The predicted molar refractivity (Wildman–Crippen MR) is 56.7 cm³/mol. The molecular weight excluding hydrogens is 192 g/mol. The summed E-state index contributed by atoms with van der Waals surface area (Å²) < 4.78 is 1.53. The van der Waals surface area contributed by atoms with Crippen LogP contribution in [0.5, 0.6) is 0 Å². The number of rotatable bonds is 1. The van der Waals surface area contributed by atoms with E-state index in [9.17, 15) is 4.79 Å². The zero-order valence-corrected chi connectivity index (χ0v) is 8.89. The highest BCUT2D eigenvalue weighted by atomic mass is 16.2. The Balaban J connectivity index is 2.01. The molecule has 5 heteroatoms. The second kappa shape index (κ2) is 4.44. The third kappa shape index (κ3) is 2.18. The largest absolute Gasteiger partial charge is 0.329 e. The van der Waals surface area contributed by atoms with Crippen LogP contribution in [-0.4, -0.2) is 46.7 Å². The highest BCUT2D eigenvalue weighted by molar-refractivity contribution is 5.76. The molecule has 1 saturated heterocycles. The highest BCUT2D eigenvalue weighted by Crippen LogP contribution is 2.10. The molecule has 2 heterocycles. The first-order valence-electron chi connectivity index (χ1n) is 5.26. The molecule has 0 spiro atoms. The van der Waals surface area contributed by atoms with Crippen molar-refractivity contribution in [3.05, 3.63) is 18.7 Å². The average molecular weight is 208 g/mol. The number of piperidine rings is 1. The molecule has 1 aliphatic heterocycles. The van der Waals surface area contributed by atoms with Gasteiger partial charge < -0.3 is 10.2 Å². The molecule has 82 valence electrons. The highest BCUT2D eigenvalue weighted by Gasteiger charge is 2.23. The van der Waals surface area contributed by atoms with E-state index in [0.29, 0.717) is 6.04 Å². The Labute approximate surface area is 89.1 Å². The van der Waals surface area contributed by atoms with E-state index in [4.69, 9.17) is 0 Å². The van der Waals surface area contributed by atoms with Crippen molar-refractivity contribution in [2.75, 3.05) is 20.1 Å². The molecule has 0 aromatic carbocycles. The van der Waals surface area contributed by atoms with E-state index >= 15 is 0 Å². The van der Waals surface area contributed by atoms with Crippen LogP contribution in [0.3, 0.4) is 0 Å². The summed E-state index contributed by atoms with van der Waals surface area (Å²) in [6.45, 7) is 1.63. The van der Waals surface area contributed by atoms with Crippen LogP contribution in [0.25, 0.3) is 0 Å². The molecule has 0 saturated carbocycles. The third-order valence-corrected chi connectivity index (χ3v) is 2.83. The molecule has 0 aliphatic carbocycles. The van der Waals surface area contributed by atoms with Gasteiger partial charge in [0.2, 0.25) is 0 Å². The quantitative estimate of drug-likeness (QED) is 0.732. The lowest BCUT2D eigenvalue weighted by atomic mass is 10.1. The van der Waals surface area contributed by atoms with E-state index in [2.05, 4.69) is 10.3 Å². The van der Waals surface area contributed by atoms with Crippen LogP contribution >= 0.6 is 0 Å². The summed E-state index contributed by atoms with van der Waals surface area (Å²) >= 11 is 0. The van der Waals surface area contributed by atoms with Crippen LogP contribution < -0.4 is 5.32 Å². The zero-order chi connectivity index (χ0) is 10.7. The predicted octanol–water partition coefficient (Wildman–Crippen LogP) is 0.535. The van der Waals surface area contributed by atoms with Gasteiger partial charge >= 0.3 is 6.03 Å². The van der Waals surface area contributed by atoms with Crippen molar-refractivity contribution in [1.82, 2.24) is 19.8 Å². The van der Waals surface area contributed by atoms with Crippen molar-refractivity contribution in [3.8, 4) is 0 Å². The van der Waals surface area contributed by atoms with Crippen molar-refractivity contribution < 1.29 is 4.79 Å². The Morgan fingerprint density at radius 1 is 1.60 bits per heavy atom. The zero-order valence-electron chi connectivity index (χ0n) is 8.89. The first-order chi connectivity index (χ1) is 7.31. The Hall–Kier alpha value is -1.36. The van der Waals surface area contributed by atoms with Gasteiger partial charge in [-0.15, -0.1) is 0 Å². The van der Waals surface area contributed by atoms with E-state index in [1.807, 2.05) is 11.9 Å². The summed E-state index contributed by atoms with van der Waals surface area (Å²) in [5.74, 6) is 0. The van der Waals surface area contributed by atoms with Crippen molar-refractivity contribution >= 4 is 6.03 Å². The topological polar surface area (TPSA) is 50.2 Å². The number of carbonyl (C=O) groups excluding carboxylic acids is 1. The van der Waals surface area contributed by atoms with E-state index in [0.717, 1.165) is 25.9 Å². The Kier molecular flexibility index (Phi) is 3.01. The molecule has 5 nitrogen and oxygen atoms in total. The fourth-order valence-electron chi connectivity index (χ4n) is 1.92. The fourth-order valence-corrected chi connectivity index (χ4v) is 1.92. The minimum absolute atomic E-state index is 0.0208. The summed E-state index contributed by atoms with van der Waals surface area (Å²) in [6.07, 6.45) is 7.06. The maximum Gasteiger partial charge on any atom is 0.329 e. The van der Waals surface area contributed by atoms with Gasteiger partial charge in [-0.1, -0.05) is 0 Å². The van der Waals surface area contributed by atoms with E-state index < -0.39 is 0 Å². The number of hydrogen-bond donors (Lipinski definition) is 1. The smallest absolute Gasteiger partial charge is 0.322 e. The van der Waals surface area contributed by atoms with Gasteiger partial charge in [-0.25, -0.2) is 9.78 Å². The summed E-state index contributed by atoms with van der Waals surface area (Å²) in [6, 6.07) is 0.443. The monoisotopic (exact) mass is 208 g/mol. The number of nitrogens with one attached hydrogen (secondary N) is 1. The number of amides is 1. The van der Waals surface area contributed by atoms with Crippen molar-refractivity contribution in [2.24, 2.45) is 0 Å². The van der Waals surface area contributed by atoms with E-state index in [-0.39, 0.29) is 6.03 Å². The molecular formula is C10H16N4O. The van der Waals surface area contributed by atoms with Crippen LogP contribution in [0.1, 0.15) is 12.8 Å². The van der Waals surface area contributed by atoms with E-state index in [1.54, 1.807) is 18.7 Å². The Morgan fingerprint density at radius 2 is 2.47 bits per heavy atom. The van der Waals surface area contributed by atoms with Gasteiger partial charge in [0.15, 0.2) is 0 Å². The lowest BCUT2D eigenvalue weighted by Gasteiger charge is -2.32. The number of likely N-dealkylation sites (tertiary alicyclic amines) is 1. The molecule has 1 aromatic rings. The summed E-state index contributed by atoms with van der Waals surface area (Å²) in [7, 11) is 1.94. The first kappa shape index (κ1) is 10.2. The maximum absolute atomic E-state index is 11.9. The molecule has 1 atom stereocenters. The molecule has 1 fully saturated rings. The van der Waals surface area contributed by atoms with Gasteiger partial charge in [-0.05, 0) is 19.9 Å². The lowest BCUT2D eigenvalue weighted by molar-refractivity contribution is 0.176. The molecule has 15 heavy (non-hydrogen) atoms. The third-order valence-electron chi connectivity index (χ3n) is 2.83. The first-order valence-corrected chi connectivity index (χ1v) is 5.26. The minimum Gasteiger partial charge on any atom is -0.322 e. The van der Waals surface area contributed by atoms with Crippen LogP contribution in [-0.2, 0) is 0 Å². The van der Waals surface area contributed by atoms with Gasteiger partial charge in [0.1, 0.15) is 6.33 Å². The fraction of sp³-hybridized carbons (Fsp3) is 0.600. The number of hydrogen-bond acceptors (Lipinski definition) is 3. The number of likely N-dealkylation sites (N-methyl/N-ethyl adjacent to an activating group) is 1. The van der Waals surface area contributed by atoms with E-state index in [1.165, 1.54) is 4.57 Å². The SMILES string of the molecule is CN[C@H]1CCCN(C(=O)n2ccnc2)C1. The second-order valence-electron chi connectivity index (χ2n) is 3.83. The molecule has 1 N–H and O–H groups in total. The van der Waals surface area contributed by atoms with Crippen LogP contribution in [0, 0.1) is 0 Å². The Bertz CT molecular complexity index is 322. The standard InChI is InChI=1S/C10H16N4O/c1-11-9-3-2-5-13(7-9)10(15)14-6-4-12-8-14/h4,6,8-9,11H,2-3,5,7H2,1H3/t9-/m0/s1. The molecule has 1 aliphatic rings. The van der Waals surface area contributed by atoms with Gasteiger partial charge in [0, 0.05) is 31.5 Å². The molecule has 0 bridgehead atoms. The van der Waals surface area contributed by atoms with Gasteiger partial charge in [0.25, 0.3) is 0 Å². The maximum atomic E-state index is 11.9. The average Bonchev–Trinajstić information content (AvgIpc) is 2.81. The van der Waals surface area contributed by atoms with Crippen LogP contribution in [0.4, 0.5) is 4.79 Å².